The largest absolute Gasteiger partial charge is 0.438 e. The standard InChI is InChI=1S/C21H32O5/c1-5-20(4)10-14(19(25)26-11-22)16-12(2)6-8-21(13(3)18(20)24)9-7-15(23)17(16)21/h5,12-14,16-18,22,24H,1,6-11H2,2-4H3/t12?,13-,14+,16?,17?,18?,20+,21?/m0/s1. The topological polar surface area (TPSA) is 83.8 Å². The van der Waals surface area contributed by atoms with E-state index in [-0.39, 0.29) is 34.9 Å². The summed E-state index contributed by atoms with van der Waals surface area (Å²) in [5.41, 5.74) is -0.895. The van der Waals surface area contributed by atoms with Crippen molar-refractivity contribution >= 4 is 11.8 Å². The third kappa shape index (κ3) is 2.66. The first-order valence-electron chi connectivity index (χ1n) is 9.83. The minimum atomic E-state index is -0.674. The number of Topliss-reactive ketones (excluding diaryl/α,β-unsaturated/α-hetero) is 1. The number of ketones is 1. The van der Waals surface area contributed by atoms with E-state index in [1.165, 1.54) is 0 Å². The lowest BCUT2D eigenvalue weighted by Crippen LogP contribution is -2.57. The van der Waals surface area contributed by atoms with Gasteiger partial charge in [0.05, 0.1) is 12.0 Å². The summed E-state index contributed by atoms with van der Waals surface area (Å²) in [6.07, 6.45) is 4.63. The second-order valence-corrected chi connectivity index (χ2v) is 9.12. The summed E-state index contributed by atoms with van der Waals surface area (Å²) in [6, 6.07) is 0. The Balaban J connectivity index is 2.16. The van der Waals surface area contributed by atoms with E-state index >= 15 is 0 Å². The molecule has 26 heavy (non-hydrogen) atoms. The first-order valence-corrected chi connectivity index (χ1v) is 9.83. The molecule has 0 aromatic carbocycles. The van der Waals surface area contributed by atoms with Crippen molar-refractivity contribution < 1.29 is 24.5 Å². The monoisotopic (exact) mass is 364 g/mol. The summed E-state index contributed by atoms with van der Waals surface area (Å²) >= 11 is 0. The highest BCUT2D eigenvalue weighted by atomic mass is 16.6. The summed E-state index contributed by atoms with van der Waals surface area (Å²) in [5.74, 6) is -0.878. The van der Waals surface area contributed by atoms with Gasteiger partial charge in [0.25, 0.3) is 0 Å². The average Bonchev–Trinajstić information content (AvgIpc) is 2.96. The number of carbonyl (C=O) groups is 2. The van der Waals surface area contributed by atoms with Crippen LogP contribution in [0.1, 0.15) is 52.9 Å². The van der Waals surface area contributed by atoms with Gasteiger partial charge in [0, 0.05) is 17.8 Å². The molecule has 0 aromatic heterocycles. The smallest absolute Gasteiger partial charge is 0.311 e. The van der Waals surface area contributed by atoms with Crippen molar-refractivity contribution in [3.63, 3.8) is 0 Å². The Labute approximate surface area is 155 Å². The second-order valence-electron chi connectivity index (χ2n) is 9.12. The fourth-order valence-electron chi connectivity index (χ4n) is 6.48. The van der Waals surface area contributed by atoms with Crippen LogP contribution >= 0.6 is 0 Å². The summed E-state index contributed by atoms with van der Waals surface area (Å²) in [5, 5.41) is 20.4. The molecule has 0 aromatic rings. The lowest BCUT2D eigenvalue weighted by atomic mass is 9.47. The highest BCUT2D eigenvalue weighted by Gasteiger charge is 2.63. The van der Waals surface area contributed by atoms with E-state index in [1.54, 1.807) is 6.08 Å². The third-order valence-electron chi connectivity index (χ3n) is 8.07. The molecular formula is C21H32O5. The van der Waals surface area contributed by atoms with Crippen LogP contribution in [0.4, 0.5) is 0 Å². The van der Waals surface area contributed by atoms with Gasteiger partial charge in [0.1, 0.15) is 5.78 Å². The summed E-state index contributed by atoms with van der Waals surface area (Å²) in [4.78, 5) is 25.7. The van der Waals surface area contributed by atoms with Gasteiger partial charge in [0.2, 0.25) is 0 Å². The molecule has 0 heterocycles. The summed E-state index contributed by atoms with van der Waals surface area (Å²) in [6.45, 7) is 9.40. The van der Waals surface area contributed by atoms with Gasteiger partial charge < -0.3 is 14.9 Å². The quantitative estimate of drug-likeness (QED) is 0.457. The molecule has 3 aliphatic carbocycles. The van der Waals surface area contributed by atoms with Crippen molar-refractivity contribution in [3.8, 4) is 0 Å². The Morgan fingerprint density at radius 3 is 2.69 bits per heavy atom. The van der Waals surface area contributed by atoms with Crippen LogP contribution < -0.4 is 0 Å². The zero-order valence-electron chi connectivity index (χ0n) is 16.1. The number of rotatable bonds is 3. The fourth-order valence-corrected chi connectivity index (χ4v) is 6.48. The predicted octanol–water partition coefficient (Wildman–Crippen LogP) is 2.70. The molecule has 0 amide bonds. The second kappa shape index (κ2) is 6.75. The molecule has 3 aliphatic rings. The molecule has 5 heteroatoms. The van der Waals surface area contributed by atoms with Crippen LogP contribution in [0.2, 0.25) is 0 Å². The minimum absolute atomic E-state index is 0.0354. The maximum Gasteiger partial charge on any atom is 0.311 e. The van der Waals surface area contributed by atoms with Crippen molar-refractivity contribution in [2.45, 2.75) is 59.0 Å². The average molecular weight is 364 g/mol. The molecule has 3 rings (SSSR count). The van der Waals surface area contributed by atoms with Crippen LogP contribution in [0, 0.1) is 40.4 Å². The van der Waals surface area contributed by atoms with Gasteiger partial charge >= 0.3 is 5.97 Å². The number of carbonyl (C=O) groups excluding carboxylic acids is 2. The number of hydrogen-bond donors (Lipinski definition) is 2. The molecule has 0 aliphatic heterocycles. The molecule has 2 N–H and O–H groups in total. The Morgan fingerprint density at radius 2 is 2.08 bits per heavy atom. The predicted molar refractivity (Wildman–Crippen MR) is 96.8 cm³/mol. The van der Waals surface area contributed by atoms with Crippen molar-refractivity contribution in [1.29, 1.82) is 0 Å². The van der Waals surface area contributed by atoms with Gasteiger partial charge in [-0.2, -0.15) is 0 Å². The number of esters is 1. The molecule has 146 valence electrons. The Morgan fingerprint density at radius 1 is 1.38 bits per heavy atom. The van der Waals surface area contributed by atoms with E-state index in [1.807, 2.05) is 6.92 Å². The maximum absolute atomic E-state index is 12.9. The maximum atomic E-state index is 12.9. The van der Waals surface area contributed by atoms with Gasteiger partial charge in [-0.1, -0.05) is 26.8 Å². The van der Waals surface area contributed by atoms with Gasteiger partial charge in [-0.05, 0) is 48.9 Å². The van der Waals surface area contributed by atoms with Crippen LogP contribution in [0.5, 0.6) is 0 Å². The van der Waals surface area contributed by atoms with E-state index in [0.717, 1.165) is 19.3 Å². The zero-order valence-corrected chi connectivity index (χ0v) is 16.1. The highest BCUT2D eigenvalue weighted by molar-refractivity contribution is 5.86. The number of ether oxygens (including phenoxy) is 1. The minimum Gasteiger partial charge on any atom is -0.438 e. The molecule has 0 saturated heterocycles. The molecule has 0 radical (unpaired) electrons. The SMILES string of the molecule is C=C[C@]1(C)C[C@@H](C(=O)OCO)C2C(C)CCC3(CCC(=O)C23)[C@@H](C)C1O. The first-order chi connectivity index (χ1) is 12.2. The van der Waals surface area contributed by atoms with Crippen molar-refractivity contribution in [2.75, 3.05) is 6.79 Å². The molecular weight excluding hydrogens is 332 g/mol. The summed E-state index contributed by atoms with van der Waals surface area (Å²) < 4.78 is 4.99. The van der Waals surface area contributed by atoms with Gasteiger partial charge in [0.15, 0.2) is 6.79 Å². The van der Waals surface area contributed by atoms with E-state index < -0.39 is 30.2 Å². The van der Waals surface area contributed by atoms with E-state index in [2.05, 4.69) is 20.4 Å². The molecule has 5 nitrogen and oxygen atoms in total. The Kier molecular flexibility index (Phi) is 5.08. The molecule has 0 spiro atoms. The van der Waals surface area contributed by atoms with E-state index in [9.17, 15) is 14.7 Å². The lowest BCUT2D eigenvalue weighted by molar-refractivity contribution is -0.176. The van der Waals surface area contributed by atoms with Crippen LogP contribution in [0.25, 0.3) is 0 Å². The van der Waals surface area contributed by atoms with Gasteiger partial charge in [-0.25, -0.2) is 0 Å². The van der Waals surface area contributed by atoms with Crippen molar-refractivity contribution in [2.24, 2.45) is 40.4 Å². The highest BCUT2D eigenvalue weighted by Crippen LogP contribution is 2.64. The molecule has 5 unspecified atom stereocenters. The number of hydrogen-bond acceptors (Lipinski definition) is 5. The van der Waals surface area contributed by atoms with Crippen LogP contribution in [-0.2, 0) is 14.3 Å². The summed E-state index contributed by atoms with van der Waals surface area (Å²) in [7, 11) is 0. The fraction of sp³-hybridized carbons (Fsp3) is 0.810. The van der Waals surface area contributed by atoms with Crippen molar-refractivity contribution in [1.82, 2.24) is 0 Å². The van der Waals surface area contributed by atoms with Crippen LogP contribution in [-0.4, -0.2) is 34.9 Å². The van der Waals surface area contributed by atoms with Gasteiger partial charge in [-0.3, -0.25) is 9.59 Å². The third-order valence-corrected chi connectivity index (χ3v) is 8.07. The molecule has 2 bridgehead atoms. The lowest BCUT2D eigenvalue weighted by Gasteiger charge is -2.57. The first kappa shape index (κ1) is 19.6. The van der Waals surface area contributed by atoms with E-state index in [4.69, 9.17) is 9.84 Å². The van der Waals surface area contributed by atoms with Crippen LogP contribution in [0.15, 0.2) is 12.7 Å². The zero-order chi connectivity index (χ0) is 19.3. The molecule has 3 saturated carbocycles. The number of aliphatic hydroxyl groups excluding tert-OH is 2. The molecule has 8 atom stereocenters. The normalized spacial score (nSPS) is 48.3. The van der Waals surface area contributed by atoms with Gasteiger partial charge in [-0.15, -0.1) is 6.58 Å². The Hall–Kier alpha value is -1.20. The van der Waals surface area contributed by atoms with E-state index in [0.29, 0.717) is 12.8 Å². The van der Waals surface area contributed by atoms with Crippen molar-refractivity contribution in [3.05, 3.63) is 12.7 Å². The molecule has 3 fully saturated rings. The number of aliphatic hydroxyl groups is 2. The van der Waals surface area contributed by atoms with Crippen LogP contribution in [0.3, 0.4) is 0 Å². The Bertz CT molecular complexity index is 601.